The third-order valence-electron chi connectivity index (χ3n) is 3.06. The minimum atomic E-state index is -0.565. The molecule has 1 heterocycles. The average molecular weight is 290 g/mol. The number of phenolic OH excluding ortho intramolecular Hbond substituents is 1. The number of hydrogen-bond acceptors (Lipinski definition) is 4. The fourth-order valence-corrected chi connectivity index (χ4v) is 2.73. The summed E-state index contributed by atoms with van der Waals surface area (Å²) in [6.45, 7) is 0.583. The van der Waals surface area contributed by atoms with Crippen LogP contribution in [-0.4, -0.2) is 29.0 Å². The number of hydrogen-bond donors (Lipinski definition) is 2. The molecule has 0 aliphatic carbocycles. The summed E-state index contributed by atoms with van der Waals surface area (Å²) in [5, 5.41) is 11.2. The van der Waals surface area contributed by atoms with Crippen LogP contribution in [0, 0.1) is 0 Å². The zero-order valence-corrected chi connectivity index (χ0v) is 12.1. The predicted octanol–water partition coefficient (Wildman–Crippen LogP) is 1.98. The van der Waals surface area contributed by atoms with Crippen LogP contribution in [0.4, 0.5) is 0 Å². The highest BCUT2D eigenvalue weighted by Crippen LogP contribution is 2.13. The highest BCUT2D eigenvalue weighted by molar-refractivity contribution is 7.09. The van der Waals surface area contributed by atoms with Crippen molar-refractivity contribution in [3.05, 3.63) is 52.2 Å². The number of benzene rings is 1. The molecule has 0 aliphatic rings. The summed E-state index contributed by atoms with van der Waals surface area (Å²) in [6, 6.07) is 10.2. The molecule has 1 atom stereocenters. The Bertz CT molecular complexity index is 552. The normalized spacial score (nSPS) is 12.1. The standard InChI is InChI=1S/C15H18N2O2S/c1-17(10-13-3-2-8-20-13)15(19)14(16)9-11-4-6-12(18)7-5-11/h2-8,14,18H,9-10,16H2,1H3. The second kappa shape index (κ2) is 6.54. The van der Waals surface area contributed by atoms with Gasteiger partial charge in [-0.05, 0) is 35.6 Å². The molecule has 0 saturated carbocycles. The topological polar surface area (TPSA) is 66.6 Å². The maximum absolute atomic E-state index is 12.2. The summed E-state index contributed by atoms with van der Waals surface area (Å²) in [6.07, 6.45) is 0.466. The summed E-state index contributed by atoms with van der Waals surface area (Å²) in [5.74, 6) is 0.134. The van der Waals surface area contributed by atoms with Gasteiger partial charge in [0.25, 0.3) is 0 Å². The van der Waals surface area contributed by atoms with E-state index < -0.39 is 6.04 Å². The van der Waals surface area contributed by atoms with E-state index in [1.807, 2.05) is 17.5 Å². The lowest BCUT2D eigenvalue weighted by atomic mass is 10.1. The number of rotatable bonds is 5. The monoisotopic (exact) mass is 290 g/mol. The summed E-state index contributed by atoms with van der Waals surface area (Å²) in [5.41, 5.74) is 6.90. The molecule has 0 fully saturated rings. The third-order valence-corrected chi connectivity index (χ3v) is 3.92. The number of phenols is 1. The molecule has 0 saturated heterocycles. The van der Waals surface area contributed by atoms with Crippen molar-refractivity contribution in [1.29, 1.82) is 0 Å². The maximum Gasteiger partial charge on any atom is 0.239 e. The van der Waals surface area contributed by atoms with Crippen LogP contribution in [-0.2, 0) is 17.8 Å². The van der Waals surface area contributed by atoms with E-state index in [4.69, 9.17) is 5.73 Å². The van der Waals surface area contributed by atoms with E-state index >= 15 is 0 Å². The molecule has 106 valence electrons. The van der Waals surface area contributed by atoms with Crippen molar-refractivity contribution in [3.63, 3.8) is 0 Å². The quantitative estimate of drug-likeness (QED) is 0.885. The molecule has 0 bridgehead atoms. The van der Waals surface area contributed by atoms with Crippen molar-refractivity contribution in [1.82, 2.24) is 4.90 Å². The van der Waals surface area contributed by atoms with E-state index in [1.54, 1.807) is 47.5 Å². The third kappa shape index (κ3) is 3.82. The largest absolute Gasteiger partial charge is 0.508 e. The summed E-state index contributed by atoms with van der Waals surface area (Å²) >= 11 is 1.62. The van der Waals surface area contributed by atoms with Crippen LogP contribution in [0.5, 0.6) is 5.75 Å². The van der Waals surface area contributed by atoms with Gasteiger partial charge >= 0.3 is 0 Å². The van der Waals surface area contributed by atoms with E-state index in [-0.39, 0.29) is 11.7 Å². The van der Waals surface area contributed by atoms with Gasteiger partial charge in [0.05, 0.1) is 12.6 Å². The number of nitrogens with zero attached hydrogens (tertiary/aromatic N) is 1. The van der Waals surface area contributed by atoms with Gasteiger partial charge < -0.3 is 15.7 Å². The lowest BCUT2D eigenvalue weighted by Crippen LogP contribution is -2.42. The second-order valence-corrected chi connectivity index (χ2v) is 5.78. The highest BCUT2D eigenvalue weighted by Gasteiger charge is 2.18. The molecule has 20 heavy (non-hydrogen) atoms. The van der Waals surface area contributed by atoms with Gasteiger partial charge in [-0.25, -0.2) is 0 Å². The Morgan fingerprint density at radius 1 is 1.35 bits per heavy atom. The van der Waals surface area contributed by atoms with Crippen molar-refractivity contribution in [2.75, 3.05) is 7.05 Å². The van der Waals surface area contributed by atoms with Gasteiger partial charge in [0.1, 0.15) is 5.75 Å². The van der Waals surface area contributed by atoms with E-state index in [9.17, 15) is 9.90 Å². The van der Waals surface area contributed by atoms with Gasteiger partial charge in [-0.2, -0.15) is 0 Å². The van der Waals surface area contributed by atoms with Crippen LogP contribution in [0.25, 0.3) is 0 Å². The molecule has 3 N–H and O–H groups in total. The van der Waals surface area contributed by atoms with Crippen molar-refractivity contribution in [2.24, 2.45) is 5.73 Å². The smallest absolute Gasteiger partial charge is 0.239 e. The summed E-state index contributed by atoms with van der Waals surface area (Å²) in [7, 11) is 1.76. The molecule has 0 radical (unpaired) electrons. The highest BCUT2D eigenvalue weighted by atomic mass is 32.1. The summed E-state index contributed by atoms with van der Waals surface area (Å²) < 4.78 is 0. The van der Waals surface area contributed by atoms with Crippen molar-refractivity contribution in [2.45, 2.75) is 19.0 Å². The van der Waals surface area contributed by atoms with Gasteiger partial charge in [-0.1, -0.05) is 18.2 Å². The molecule has 2 rings (SSSR count). The second-order valence-electron chi connectivity index (χ2n) is 4.75. The minimum absolute atomic E-state index is 0.0773. The predicted molar refractivity (Wildman–Crippen MR) is 80.6 cm³/mol. The van der Waals surface area contributed by atoms with Gasteiger partial charge in [0, 0.05) is 11.9 Å². The first-order chi connectivity index (χ1) is 9.56. The van der Waals surface area contributed by atoms with Crippen molar-refractivity contribution >= 4 is 17.2 Å². The van der Waals surface area contributed by atoms with Crippen LogP contribution in [0.3, 0.4) is 0 Å². The first kappa shape index (κ1) is 14.6. The van der Waals surface area contributed by atoms with E-state index in [0.717, 1.165) is 10.4 Å². The molecule has 0 spiro atoms. The number of likely N-dealkylation sites (N-methyl/N-ethyl adjacent to an activating group) is 1. The Labute approximate surface area is 122 Å². The molecule has 0 aliphatic heterocycles. The first-order valence-corrected chi connectivity index (χ1v) is 7.25. The number of amides is 1. The Morgan fingerprint density at radius 3 is 2.65 bits per heavy atom. The average Bonchev–Trinajstić information content (AvgIpc) is 2.93. The Kier molecular flexibility index (Phi) is 4.76. The number of thiophene rings is 1. The minimum Gasteiger partial charge on any atom is -0.508 e. The maximum atomic E-state index is 12.2. The molecule has 1 aromatic carbocycles. The van der Waals surface area contributed by atoms with Crippen molar-refractivity contribution < 1.29 is 9.90 Å². The summed E-state index contributed by atoms with van der Waals surface area (Å²) in [4.78, 5) is 15.0. The van der Waals surface area contributed by atoms with Crippen LogP contribution >= 0.6 is 11.3 Å². The Hall–Kier alpha value is -1.85. The van der Waals surface area contributed by atoms with E-state index in [2.05, 4.69) is 0 Å². The number of aromatic hydroxyl groups is 1. The SMILES string of the molecule is CN(Cc1cccs1)C(=O)C(N)Cc1ccc(O)cc1. The first-order valence-electron chi connectivity index (χ1n) is 6.37. The van der Waals surface area contributed by atoms with Gasteiger partial charge in [-0.15, -0.1) is 11.3 Å². The zero-order valence-electron chi connectivity index (χ0n) is 11.3. The van der Waals surface area contributed by atoms with Crippen LogP contribution in [0.15, 0.2) is 41.8 Å². The number of nitrogens with two attached hydrogens (primary N) is 1. The van der Waals surface area contributed by atoms with Gasteiger partial charge in [0.15, 0.2) is 0 Å². The van der Waals surface area contributed by atoms with Gasteiger partial charge in [-0.3, -0.25) is 4.79 Å². The molecular formula is C15H18N2O2S. The van der Waals surface area contributed by atoms with E-state index in [1.165, 1.54) is 0 Å². The van der Waals surface area contributed by atoms with Crippen LogP contribution in [0.2, 0.25) is 0 Å². The van der Waals surface area contributed by atoms with Crippen molar-refractivity contribution in [3.8, 4) is 5.75 Å². The molecule has 4 nitrogen and oxygen atoms in total. The molecule has 1 unspecified atom stereocenters. The fourth-order valence-electron chi connectivity index (χ4n) is 1.97. The molecule has 2 aromatic rings. The van der Waals surface area contributed by atoms with E-state index in [0.29, 0.717) is 13.0 Å². The zero-order chi connectivity index (χ0) is 14.5. The number of carbonyl (C=O) groups excluding carboxylic acids is 1. The Balaban J connectivity index is 1.92. The fraction of sp³-hybridized carbons (Fsp3) is 0.267. The van der Waals surface area contributed by atoms with Gasteiger partial charge in [0.2, 0.25) is 5.91 Å². The van der Waals surface area contributed by atoms with Crippen LogP contribution in [0.1, 0.15) is 10.4 Å². The molecule has 1 amide bonds. The lowest BCUT2D eigenvalue weighted by molar-refractivity contribution is -0.131. The number of carbonyl (C=O) groups is 1. The lowest BCUT2D eigenvalue weighted by Gasteiger charge is -2.20. The molecule has 1 aromatic heterocycles. The molecule has 5 heteroatoms. The van der Waals surface area contributed by atoms with Crippen LogP contribution < -0.4 is 5.73 Å². The Morgan fingerprint density at radius 2 is 2.05 bits per heavy atom. The molecular weight excluding hydrogens is 272 g/mol.